The van der Waals surface area contributed by atoms with Crippen molar-refractivity contribution < 1.29 is 29.7 Å². The van der Waals surface area contributed by atoms with Crippen LogP contribution < -0.4 is 27.5 Å². The Morgan fingerprint density at radius 3 is 2.28 bits per heavy atom. The molecule has 3 amide bonds. The van der Waals surface area contributed by atoms with E-state index >= 15 is 0 Å². The largest absolute Gasteiger partial charge is 0.480 e. The molecule has 0 bridgehead atoms. The first kappa shape index (κ1) is 23.0. The van der Waals surface area contributed by atoms with Gasteiger partial charge in [0.2, 0.25) is 5.91 Å². The van der Waals surface area contributed by atoms with Crippen molar-refractivity contribution in [2.45, 2.75) is 37.6 Å². The molecular weight excluding hydrogens is 336 g/mol. The number of primary amides is 1. The number of carbonyl (C=O) groups is 3. The van der Waals surface area contributed by atoms with Crippen molar-refractivity contribution in [3.05, 3.63) is 0 Å². The summed E-state index contributed by atoms with van der Waals surface area (Å²) in [6.07, 6.45) is -1.49. The van der Waals surface area contributed by atoms with Gasteiger partial charge in [0.15, 0.2) is 6.04 Å². The van der Waals surface area contributed by atoms with Crippen LogP contribution in [-0.2, 0) is 9.59 Å². The lowest BCUT2D eigenvalue weighted by Gasteiger charge is -2.26. The Kier molecular flexibility index (Phi) is 10.6. The summed E-state index contributed by atoms with van der Waals surface area (Å²) in [4.78, 5) is 34.0. The topological polar surface area (TPSA) is 203 Å². The first-order valence-corrected chi connectivity index (χ1v) is 7.64. The second-order valence-corrected chi connectivity index (χ2v) is 5.73. The third-order valence-corrected chi connectivity index (χ3v) is 3.17. The Balaban J connectivity index is 4.67. The maximum Gasteiger partial charge on any atom is 0.328 e. The molecule has 0 aromatic rings. The second-order valence-electron chi connectivity index (χ2n) is 5.73. The standard InChI is InChI=1S/C13H28N6O6/c1-7(21)11(12(23)24)18-13(25)17-9(3-10(15)22)5-19(2)16-4-8(14)6-20/h7-9,11,16,20-21H,3-6,14H2,1-2H3,(H2,15,22)(H,23,24)(H2,17,18,25)/t7?,8-,9+,11+/m1/s1. The number of aliphatic carboxylic acids is 1. The summed E-state index contributed by atoms with van der Waals surface area (Å²) >= 11 is 0. The van der Waals surface area contributed by atoms with Crippen LogP contribution in [0.3, 0.4) is 0 Å². The monoisotopic (exact) mass is 364 g/mol. The molecule has 0 saturated heterocycles. The number of amides is 3. The molecule has 0 heterocycles. The van der Waals surface area contributed by atoms with Crippen molar-refractivity contribution in [3.8, 4) is 0 Å². The molecule has 0 spiro atoms. The maximum atomic E-state index is 11.9. The number of hydrogen-bond acceptors (Lipinski definition) is 8. The van der Waals surface area contributed by atoms with Gasteiger partial charge in [0, 0.05) is 32.6 Å². The number of aliphatic hydroxyl groups excluding tert-OH is 2. The number of carboxylic acids is 1. The smallest absolute Gasteiger partial charge is 0.328 e. The predicted octanol–water partition coefficient (Wildman–Crippen LogP) is -3.88. The van der Waals surface area contributed by atoms with E-state index in [-0.39, 0.29) is 26.1 Å². The molecule has 0 rings (SSSR count). The van der Waals surface area contributed by atoms with Crippen molar-refractivity contribution in [2.75, 3.05) is 26.7 Å². The lowest BCUT2D eigenvalue weighted by Crippen LogP contribution is -2.56. The van der Waals surface area contributed by atoms with E-state index in [9.17, 15) is 19.5 Å². The van der Waals surface area contributed by atoms with Crippen LogP contribution in [-0.4, -0.2) is 89.2 Å². The zero-order valence-corrected chi connectivity index (χ0v) is 14.3. The molecule has 12 heteroatoms. The molecule has 0 aliphatic heterocycles. The molecule has 4 atom stereocenters. The minimum absolute atomic E-state index is 0.154. The van der Waals surface area contributed by atoms with E-state index in [0.29, 0.717) is 0 Å². The predicted molar refractivity (Wildman–Crippen MR) is 88.1 cm³/mol. The summed E-state index contributed by atoms with van der Waals surface area (Å²) in [6.45, 7) is 1.44. The van der Waals surface area contributed by atoms with Gasteiger partial charge in [0.1, 0.15) is 0 Å². The Bertz CT molecular complexity index is 449. The van der Waals surface area contributed by atoms with Gasteiger partial charge in [0.25, 0.3) is 0 Å². The fourth-order valence-electron chi connectivity index (χ4n) is 1.89. The number of nitrogens with zero attached hydrogens (tertiary/aromatic N) is 1. The van der Waals surface area contributed by atoms with Gasteiger partial charge in [-0.1, -0.05) is 0 Å². The summed E-state index contributed by atoms with van der Waals surface area (Å²) in [5.74, 6) is -2.05. The molecule has 25 heavy (non-hydrogen) atoms. The number of rotatable bonds is 12. The van der Waals surface area contributed by atoms with Gasteiger partial charge in [-0.3, -0.25) is 10.2 Å². The number of likely N-dealkylation sites (N-methyl/N-ethyl adjacent to an activating group) is 1. The van der Waals surface area contributed by atoms with Crippen LogP contribution in [0.5, 0.6) is 0 Å². The van der Waals surface area contributed by atoms with Crippen LogP contribution in [0.15, 0.2) is 0 Å². The minimum atomic E-state index is -1.49. The number of urea groups is 1. The Morgan fingerprint density at radius 2 is 1.84 bits per heavy atom. The average molecular weight is 364 g/mol. The summed E-state index contributed by atoms with van der Waals surface area (Å²) in [6, 6.07) is -3.55. The molecule has 0 aromatic heterocycles. The zero-order valence-electron chi connectivity index (χ0n) is 14.3. The number of carboxylic acid groups (broad SMARTS) is 1. The second kappa shape index (κ2) is 11.5. The molecule has 1 unspecified atom stereocenters. The van der Waals surface area contributed by atoms with Crippen LogP contribution in [0.2, 0.25) is 0 Å². The fourth-order valence-corrected chi connectivity index (χ4v) is 1.89. The van der Waals surface area contributed by atoms with E-state index in [1.807, 2.05) is 0 Å². The Labute approximate surface area is 145 Å². The summed E-state index contributed by atoms with van der Waals surface area (Å²) in [5.41, 5.74) is 13.6. The van der Waals surface area contributed by atoms with E-state index in [0.717, 1.165) is 0 Å². The molecule has 146 valence electrons. The highest BCUT2D eigenvalue weighted by Crippen LogP contribution is 1.97. The number of hydrazine groups is 1. The minimum Gasteiger partial charge on any atom is -0.480 e. The number of hydrogen-bond donors (Lipinski definition) is 8. The molecule has 12 nitrogen and oxygen atoms in total. The van der Waals surface area contributed by atoms with Crippen molar-refractivity contribution in [2.24, 2.45) is 11.5 Å². The van der Waals surface area contributed by atoms with E-state index in [1.54, 1.807) is 12.1 Å². The summed E-state index contributed by atoms with van der Waals surface area (Å²) in [7, 11) is 1.63. The lowest BCUT2D eigenvalue weighted by molar-refractivity contribution is -0.141. The van der Waals surface area contributed by atoms with Gasteiger partial charge >= 0.3 is 12.0 Å². The van der Waals surface area contributed by atoms with Crippen LogP contribution in [0.4, 0.5) is 4.79 Å². The first-order valence-electron chi connectivity index (χ1n) is 7.64. The molecule has 10 N–H and O–H groups in total. The molecule has 0 aromatic carbocycles. The number of nitrogens with two attached hydrogens (primary N) is 2. The van der Waals surface area contributed by atoms with Gasteiger partial charge in [-0.2, -0.15) is 0 Å². The average Bonchev–Trinajstić information content (AvgIpc) is 2.48. The van der Waals surface area contributed by atoms with Crippen molar-refractivity contribution in [3.63, 3.8) is 0 Å². The van der Waals surface area contributed by atoms with Crippen LogP contribution in [0.1, 0.15) is 13.3 Å². The summed E-state index contributed by atoms with van der Waals surface area (Å²) in [5, 5.41) is 33.2. The van der Waals surface area contributed by atoms with E-state index < -0.39 is 42.1 Å². The number of aliphatic hydroxyl groups is 2. The van der Waals surface area contributed by atoms with E-state index in [2.05, 4.69) is 16.1 Å². The van der Waals surface area contributed by atoms with Gasteiger partial charge in [-0.05, 0) is 6.92 Å². The van der Waals surface area contributed by atoms with E-state index in [4.69, 9.17) is 21.7 Å². The highest BCUT2D eigenvalue weighted by Gasteiger charge is 2.26. The van der Waals surface area contributed by atoms with Crippen LogP contribution in [0, 0.1) is 0 Å². The third-order valence-electron chi connectivity index (χ3n) is 3.17. The summed E-state index contributed by atoms with van der Waals surface area (Å²) < 4.78 is 0. The van der Waals surface area contributed by atoms with Gasteiger partial charge < -0.3 is 37.4 Å². The maximum absolute atomic E-state index is 11.9. The molecule has 0 aliphatic carbocycles. The first-order chi connectivity index (χ1) is 11.6. The van der Waals surface area contributed by atoms with Crippen molar-refractivity contribution >= 4 is 17.9 Å². The highest BCUT2D eigenvalue weighted by atomic mass is 16.4. The van der Waals surface area contributed by atoms with Gasteiger partial charge in [-0.25, -0.2) is 14.6 Å². The molecule has 0 fully saturated rings. The zero-order chi connectivity index (χ0) is 19.6. The Hall–Kier alpha value is -1.99. The molecule has 0 aliphatic rings. The Morgan fingerprint density at radius 1 is 1.24 bits per heavy atom. The highest BCUT2D eigenvalue weighted by molar-refractivity contribution is 5.83. The quantitative estimate of drug-likeness (QED) is 0.159. The third kappa shape index (κ3) is 10.5. The number of carbonyl (C=O) groups excluding carboxylic acids is 2. The number of nitrogens with one attached hydrogen (secondary N) is 3. The van der Waals surface area contributed by atoms with Gasteiger partial charge in [-0.15, -0.1) is 0 Å². The van der Waals surface area contributed by atoms with Crippen molar-refractivity contribution in [1.82, 2.24) is 21.1 Å². The van der Waals surface area contributed by atoms with Crippen molar-refractivity contribution in [1.29, 1.82) is 0 Å². The normalized spacial score (nSPS) is 15.9. The molecular formula is C13H28N6O6. The van der Waals surface area contributed by atoms with Gasteiger partial charge in [0.05, 0.1) is 18.8 Å². The fraction of sp³-hybridized carbons (Fsp3) is 0.769. The van der Waals surface area contributed by atoms with E-state index in [1.165, 1.54) is 6.92 Å². The lowest BCUT2D eigenvalue weighted by atomic mass is 10.2. The van der Waals surface area contributed by atoms with Crippen LogP contribution >= 0.6 is 0 Å². The SMILES string of the molecule is CC(O)[C@H](NC(=O)N[C@@H](CC(N)=O)CN(C)NC[C@@H](N)CO)C(=O)O. The molecule has 0 saturated carbocycles. The van der Waals surface area contributed by atoms with Crippen LogP contribution in [0.25, 0.3) is 0 Å². The molecule has 0 radical (unpaired) electrons.